The molecule has 5 rings (SSSR count). The molecule has 0 aliphatic carbocycles. The molecular weight excluding hydrogens is 358 g/mol. The summed E-state index contributed by atoms with van der Waals surface area (Å²) >= 11 is 0. The molecule has 0 saturated heterocycles. The number of aryl methyl sites for hydroxylation is 1. The van der Waals surface area contributed by atoms with Gasteiger partial charge in [0.15, 0.2) is 6.20 Å². The van der Waals surface area contributed by atoms with Gasteiger partial charge >= 0.3 is 0 Å². The quantitative estimate of drug-likeness (QED) is 0.485. The van der Waals surface area contributed by atoms with Crippen LogP contribution in [-0.4, -0.2) is 13.0 Å². The molecule has 0 spiro atoms. The summed E-state index contributed by atoms with van der Waals surface area (Å²) in [6.07, 6.45) is 8.61. The summed E-state index contributed by atoms with van der Waals surface area (Å²) in [7, 11) is -4.27. The van der Waals surface area contributed by atoms with Crippen LogP contribution in [0.5, 0.6) is 0 Å². The summed E-state index contributed by atoms with van der Waals surface area (Å²) in [6, 6.07) is 18.7. The van der Waals surface area contributed by atoms with Gasteiger partial charge < -0.3 is 4.55 Å². The topological polar surface area (TPSA) is 60.2 Å². The molecule has 0 unspecified atom stereocenters. The first-order valence-corrected chi connectivity index (χ1v) is 9.91. The van der Waals surface area contributed by atoms with Crippen molar-refractivity contribution < 1.29 is 13.0 Å². The molecular formula is C22H17NO3S. The Morgan fingerprint density at radius 2 is 1.67 bits per heavy atom. The van der Waals surface area contributed by atoms with E-state index in [9.17, 15) is 13.0 Å². The Labute approximate surface area is 157 Å². The lowest BCUT2D eigenvalue weighted by Crippen LogP contribution is -2.30. The Bertz CT molecular complexity index is 1330. The number of hydrogen-bond acceptors (Lipinski definition) is 3. The summed E-state index contributed by atoms with van der Waals surface area (Å²) in [5.41, 5.74) is 2.20. The lowest BCUT2D eigenvalue weighted by Gasteiger charge is -2.05. The van der Waals surface area contributed by atoms with Gasteiger partial charge in [-0.1, -0.05) is 42.0 Å². The summed E-state index contributed by atoms with van der Waals surface area (Å²) in [6.45, 7) is 1.82. The van der Waals surface area contributed by atoms with E-state index in [1.807, 2.05) is 6.92 Å². The van der Waals surface area contributed by atoms with E-state index in [2.05, 4.69) is 65.4 Å². The smallest absolute Gasteiger partial charge is 0.219 e. The van der Waals surface area contributed by atoms with Gasteiger partial charge in [0.1, 0.15) is 10.1 Å². The van der Waals surface area contributed by atoms with Crippen LogP contribution in [0.15, 0.2) is 89.6 Å². The highest BCUT2D eigenvalue weighted by Crippen LogP contribution is 2.12. The van der Waals surface area contributed by atoms with Crippen LogP contribution in [0.3, 0.4) is 0 Å². The number of fused-ring (bicyclic) bond motifs is 4. The maximum Gasteiger partial charge on any atom is 0.219 e. The summed E-state index contributed by atoms with van der Waals surface area (Å²) in [5, 5.41) is 5.28. The van der Waals surface area contributed by atoms with Crippen LogP contribution in [-0.2, 0) is 10.1 Å². The third-order valence-corrected chi connectivity index (χ3v) is 5.44. The van der Waals surface area contributed by atoms with Crippen molar-refractivity contribution in [3.63, 3.8) is 0 Å². The Morgan fingerprint density at radius 1 is 0.926 bits per heavy atom. The first-order valence-electron chi connectivity index (χ1n) is 8.50. The van der Waals surface area contributed by atoms with Crippen molar-refractivity contribution in [3.05, 3.63) is 101 Å². The van der Waals surface area contributed by atoms with Crippen molar-refractivity contribution >= 4 is 27.0 Å². The maximum atomic E-state index is 10.4. The van der Waals surface area contributed by atoms with E-state index in [-0.39, 0.29) is 4.90 Å². The van der Waals surface area contributed by atoms with E-state index in [1.165, 1.54) is 39.2 Å². The molecule has 0 bridgehead atoms. The van der Waals surface area contributed by atoms with Gasteiger partial charge in [0.25, 0.3) is 0 Å². The Kier molecular flexibility index (Phi) is 4.26. The minimum Gasteiger partial charge on any atom is -0.744 e. The molecule has 27 heavy (non-hydrogen) atoms. The first-order chi connectivity index (χ1) is 12.9. The fourth-order valence-electron chi connectivity index (χ4n) is 3.23. The van der Waals surface area contributed by atoms with Crippen LogP contribution < -0.4 is 15.2 Å². The molecule has 0 N–H and O–H groups in total. The molecule has 0 aromatic heterocycles. The standard InChI is InChI=1S/C15H10N.C7H8O3S/c1-2-6-13-11(4-1)7-8-15-14(13)10-12-5-3-9-16(12)15;1-6-2-4-7(5-3-6)11(8,9)10/h1-10H;2-5H,1H3,(H,8,9,10)/q+1;/p-1. The largest absolute Gasteiger partial charge is 0.744 e. The predicted octanol–water partition coefficient (Wildman–Crippen LogP) is 2.44. The second kappa shape index (κ2) is 6.61. The average Bonchev–Trinajstić information content (AvgIpc) is 3.23. The summed E-state index contributed by atoms with van der Waals surface area (Å²) in [4.78, 5) is -0.178. The Hall–Kier alpha value is -3.02. The lowest BCUT2D eigenvalue weighted by atomic mass is 10.1. The van der Waals surface area contributed by atoms with Crippen molar-refractivity contribution in [3.8, 4) is 0 Å². The fraction of sp³-hybridized carbons (Fsp3) is 0.0455. The van der Waals surface area contributed by atoms with Gasteiger partial charge in [-0.05, 0) is 35.9 Å². The molecule has 0 fully saturated rings. The highest BCUT2D eigenvalue weighted by molar-refractivity contribution is 7.85. The molecule has 3 aromatic rings. The predicted molar refractivity (Wildman–Crippen MR) is 105 cm³/mol. The van der Waals surface area contributed by atoms with Crippen molar-refractivity contribution in [2.24, 2.45) is 0 Å². The maximum absolute atomic E-state index is 10.4. The van der Waals surface area contributed by atoms with Gasteiger partial charge in [0, 0.05) is 24.3 Å². The minimum atomic E-state index is -4.27. The molecule has 2 heterocycles. The minimum absolute atomic E-state index is 0.178. The zero-order valence-corrected chi connectivity index (χ0v) is 15.5. The van der Waals surface area contributed by atoms with Crippen LogP contribution in [0, 0.1) is 6.92 Å². The molecule has 134 valence electrons. The molecule has 2 aliphatic rings. The van der Waals surface area contributed by atoms with Crippen molar-refractivity contribution in [1.82, 2.24) is 4.58 Å². The van der Waals surface area contributed by atoms with Crippen molar-refractivity contribution in [2.75, 3.05) is 0 Å². The van der Waals surface area contributed by atoms with E-state index in [0.29, 0.717) is 0 Å². The fourth-order valence-corrected chi connectivity index (χ4v) is 3.70. The zero-order valence-electron chi connectivity index (χ0n) is 14.7. The molecule has 5 heteroatoms. The normalized spacial score (nSPS) is 14.1. The number of rotatable bonds is 1. The number of benzene rings is 3. The molecule has 0 radical (unpaired) electrons. The van der Waals surface area contributed by atoms with E-state index >= 15 is 0 Å². The second-order valence-corrected chi connectivity index (χ2v) is 7.81. The third-order valence-electron chi connectivity index (χ3n) is 4.59. The molecule has 0 amide bonds. The number of allylic oxidation sites excluding steroid dienone is 3. The van der Waals surface area contributed by atoms with Crippen LogP contribution in [0.2, 0.25) is 0 Å². The van der Waals surface area contributed by atoms with E-state index in [0.717, 1.165) is 5.56 Å². The van der Waals surface area contributed by atoms with Gasteiger partial charge in [-0.15, -0.1) is 0 Å². The molecule has 2 aliphatic heterocycles. The van der Waals surface area contributed by atoms with Gasteiger partial charge in [0.2, 0.25) is 11.1 Å². The van der Waals surface area contributed by atoms with E-state index in [1.54, 1.807) is 12.1 Å². The van der Waals surface area contributed by atoms with Gasteiger partial charge in [-0.3, -0.25) is 0 Å². The van der Waals surface area contributed by atoms with E-state index < -0.39 is 10.1 Å². The number of nitrogens with zero attached hydrogens (tertiary/aromatic N) is 1. The molecule has 0 saturated carbocycles. The first kappa shape index (κ1) is 17.4. The lowest BCUT2D eigenvalue weighted by molar-refractivity contribution is 0.463. The molecule has 0 atom stereocenters. The van der Waals surface area contributed by atoms with Crippen LogP contribution in [0.1, 0.15) is 5.56 Å². The second-order valence-electron chi connectivity index (χ2n) is 6.43. The highest BCUT2D eigenvalue weighted by atomic mass is 32.2. The number of hydrogen-bond donors (Lipinski definition) is 0. The van der Waals surface area contributed by atoms with Gasteiger partial charge in [-0.25, -0.2) is 8.42 Å². The zero-order chi connectivity index (χ0) is 19.0. The van der Waals surface area contributed by atoms with Gasteiger partial charge in [-0.2, -0.15) is 4.58 Å². The van der Waals surface area contributed by atoms with Crippen LogP contribution in [0.4, 0.5) is 0 Å². The SMILES string of the molecule is C1=C[N+]2=c3ccc4ccccc4c3=CC2=C1.Cc1ccc(S(=O)(=O)[O-])cc1. The van der Waals surface area contributed by atoms with Crippen LogP contribution in [0.25, 0.3) is 16.8 Å². The molecule has 3 aromatic carbocycles. The van der Waals surface area contributed by atoms with Crippen LogP contribution >= 0.6 is 0 Å². The third kappa shape index (κ3) is 3.35. The molecule has 4 nitrogen and oxygen atoms in total. The Balaban J connectivity index is 0.000000145. The van der Waals surface area contributed by atoms with E-state index in [4.69, 9.17) is 0 Å². The summed E-state index contributed by atoms with van der Waals surface area (Å²) < 4.78 is 33.4. The van der Waals surface area contributed by atoms with Crippen molar-refractivity contribution in [2.45, 2.75) is 11.8 Å². The monoisotopic (exact) mass is 375 g/mol. The average molecular weight is 375 g/mol. The van der Waals surface area contributed by atoms with Crippen molar-refractivity contribution in [1.29, 1.82) is 0 Å². The summed E-state index contributed by atoms with van der Waals surface area (Å²) in [5.74, 6) is 0. The van der Waals surface area contributed by atoms with Gasteiger partial charge in [0.05, 0.1) is 10.1 Å². The Morgan fingerprint density at radius 3 is 2.41 bits per heavy atom. The highest BCUT2D eigenvalue weighted by Gasteiger charge is 2.20.